The van der Waals surface area contributed by atoms with Gasteiger partial charge in [0.25, 0.3) is 0 Å². The van der Waals surface area contributed by atoms with Crippen LogP contribution in [-0.2, 0) is 0 Å². The maximum atomic E-state index is 11.3. The number of H-pyrrole nitrogens is 1. The average molecular weight is 207 g/mol. The van der Waals surface area contributed by atoms with Gasteiger partial charge in [-0.2, -0.15) is 0 Å². The van der Waals surface area contributed by atoms with Gasteiger partial charge in [0, 0.05) is 12.1 Å². The molecule has 2 heterocycles. The van der Waals surface area contributed by atoms with E-state index in [-0.39, 0.29) is 12.2 Å². The van der Waals surface area contributed by atoms with E-state index >= 15 is 0 Å². The van der Waals surface area contributed by atoms with Crippen molar-refractivity contribution in [2.24, 2.45) is 0 Å². The van der Waals surface area contributed by atoms with Gasteiger partial charge in [-0.3, -0.25) is 4.98 Å². The van der Waals surface area contributed by atoms with Crippen LogP contribution in [0.4, 0.5) is 0 Å². The molecule has 0 fully saturated rings. The Hall–Kier alpha value is -2.24. The fourth-order valence-corrected chi connectivity index (χ4v) is 1.49. The van der Waals surface area contributed by atoms with Crippen molar-refractivity contribution >= 4 is 10.9 Å². The largest absolute Gasteiger partial charge is 0.454 e. The van der Waals surface area contributed by atoms with E-state index in [0.29, 0.717) is 17.0 Å². The summed E-state index contributed by atoms with van der Waals surface area (Å²) in [6, 6.07) is 3.02. The van der Waals surface area contributed by atoms with Gasteiger partial charge in [0.15, 0.2) is 11.5 Å². The highest BCUT2D eigenvalue weighted by Crippen LogP contribution is 2.33. The monoisotopic (exact) mass is 207 g/mol. The molecule has 1 aromatic heterocycles. The summed E-state index contributed by atoms with van der Waals surface area (Å²) < 4.78 is 14.6. The van der Waals surface area contributed by atoms with Crippen LogP contribution in [0.2, 0.25) is 0 Å². The third-order valence-electron chi connectivity index (χ3n) is 2.15. The third-order valence-corrected chi connectivity index (χ3v) is 2.15. The van der Waals surface area contributed by atoms with Crippen molar-refractivity contribution in [3.63, 3.8) is 0 Å². The number of aromatic amines is 1. The maximum Gasteiger partial charge on any atom is 0.419 e. The summed E-state index contributed by atoms with van der Waals surface area (Å²) in [4.78, 5) is 24.6. The Morgan fingerprint density at radius 2 is 1.87 bits per heavy atom. The summed E-state index contributed by atoms with van der Waals surface area (Å²) in [6.45, 7) is 0.112. The lowest BCUT2D eigenvalue weighted by molar-refractivity contribution is 0.174. The smallest absolute Gasteiger partial charge is 0.419 e. The summed E-state index contributed by atoms with van der Waals surface area (Å²) in [6.07, 6.45) is 0. The van der Waals surface area contributed by atoms with Crippen LogP contribution in [0.3, 0.4) is 0 Å². The van der Waals surface area contributed by atoms with Gasteiger partial charge in [-0.25, -0.2) is 9.59 Å². The Balaban J connectivity index is 2.48. The van der Waals surface area contributed by atoms with Gasteiger partial charge < -0.3 is 13.9 Å². The molecule has 0 amide bonds. The van der Waals surface area contributed by atoms with E-state index in [0.717, 1.165) is 0 Å². The zero-order valence-electron chi connectivity index (χ0n) is 7.40. The van der Waals surface area contributed by atoms with Crippen molar-refractivity contribution in [1.29, 1.82) is 0 Å². The zero-order chi connectivity index (χ0) is 10.4. The highest BCUT2D eigenvalue weighted by molar-refractivity contribution is 5.81. The van der Waals surface area contributed by atoms with Crippen molar-refractivity contribution in [3.05, 3.63) is 33.1 Å². The molecule has 2 aromatic rings. The molecule has 1 N–H and O–H groups in total. The van der Waals surface area contributed by atoms with Gasteiger partial charge >= 0.3 is 11.4 Å². The Morgan fingerprint density at radius 1 is 1.13 bits per heavy atom. The minimum Gasteiger partial charge on any atom is -0.454 e. The van der Waals surface area contributed by atoms with Crippen molar-refractivity contribution < 1.29 is 13.9 Å². The molecule has 1 aliphatic rings. The molecule has 0 aliphatic carbocycles. The molecule has 0 saturated heterocycles. The fraction of sp³-hybridized carbons (Fsp3) is 0.111. The van der Waals surface area contributed by atoms with Gasteiger partial charge in [0.05, 0.1) is 10.9 Å². The van der Waals surface area contributed by atoms with E-state index in [1.54, 1.807) is 0 Å². The van der Waals surface area contributed by atoms with Crippen LogP contribution in [0, 0.1) is 0 Å². The second kappa shape index (κ2) is 2.63. The number of hydrogen-bond acceptors (Lipinski definition) is 5. The van der Waals surface area contributed by atoms with Gasteiger partial charge in [0.1, 0.15) is 0 Å². The molecule has 15 heavy (non-hydrogen) atoms. The standard InChI is InChI=1S/C9H5NO5/c11-8-4-1-6-7(14-3-13-6)2-5(4)10-9(12)15-8/h1-2H,3H2,(H,10,12). The summed E-state index contributed by atoms with van der Waals surface area (Å²) >= 11 is 0. The van der Waals surface area contributed by atoms with E-state index in [9.17, 15) is 9.59 Å². The molecule has 0 atom stereocenters. The molecule has 1 aliphatic heterocycles. The van der Waals surface area contributed by atoms with Crippen LogP contribution < -0.4 is 20.9 Å². The van der Waals surface area contributed by atoms with Crippen LogP contribution in [0.25, 0.3) is 10.9 Å². The molecule has 76 valence electrons. The number of fused-ring (bicyclic) bond motifs is 2. The van der Waals surface area contributed by atoms with Crippen LogP contribution in [0.5, 0.6) is 11.5 Å². The molecule has 3 rings (SSSR count). The number of benzene rings is 1. The Labute approximate surface area is 82.0 Å². The number of hydrogen-bond donors (Lipinski definition) is 1. The number of nitrogens with one attached hydrogen (secondary N) is 1. The Kier molecular flexibility index (Phi) is 1.42. The van der Waals surface area contributed by atoms with Gasteiger partial charge in [-0.1, -0.05) is 0 Å². The molecule has 6 nitrogen and oxygen atoms in total. The first-order chi connectivity index (χ1) is 7.24. The first-order valence-electron chi connectivity index (χ1n) is 4.21. The van der Waals surface area contributed by atoms with Gasteiger partial charge in [0.2, 0.25) is 6.79 Å². The second-order valence-corrected chi connectivity index (χ2v) is 3.05. The lowest BCUT2D eigenvalue weighted by atomic mass is 10.2. The quantitative estimate of drug-likeness (QED) is 0.667. The zero-order valence-corrected chi connectivity index (χ0v) is 7.40. The topological polar surface area (TPSA) is 81.5 Å². The summed E-state index contributed by atoms with van der Waals surface area (Å²) in [7, 11) is 0. The maximum absolute atomic E-state index is 11.3. The first-order valence-corrected chi connectivity index (χ1v) is 4.21. The Bertz CT molecular complexity index is 654. The minimum absolute atomic E-state index is 0.112. The molecule has 6 heteroatoms. The van der Waals surface area contributed by atoms with Crippen LogP contribution in [-0.4, -0.2) is 11.8 Å². The predicted molar refractivity (Wildman–Crippen MR) is 49.2 cm³/mol. The number of rotatable bonds is 0. The predicted octanol–water partition coefficient (Wildman–Crippen LogP) is 0.210. The van der Waals surface area contributed by atoms with E-state index in [1.807, 2.05) is 0 Å². The fourth-order valence-electron chi connectivity index (χ4n) is 1.49. The second-order valence-electron chi connectivity index (χ2n) is 3.05. The molecule has 0 bridgehead atoms. The van der Waals surface area contributed by atoms with Gasteiger partial charge in [-0.05, 0) is 0 Å². The van der Waals surface area contributed by atoms with Crippen LogP contribution in [0.15, 0.2) is 26.1 Å². The highest BCUT2D eigenvalue weighted by atomic mass is 16.7. The molecule has 1 aromatic carbocycles. The summed E-state index contributed by atoms with van der Waals surface area (Å²) in [5.41, 5.74) is -0.312. The molecule has 0 unspecified atom stereocenters. The van der Waals surface area contributed by atoms with Crippen LogP contribution >= 0.6 is 0 Å². The number of ether oxygens (including phenoxy) is 2. The molecular formula is C9H5NO5. The normalized spacial score (nSPS) is 13.3. The molecule has 0 spiro atoms. The van der Waals surface area contributed by atoms with Crippen molar-refractivity contribution in [3.8, 4) is 11.5 Å². The van der Waals surface area contributed by atoms with E-state index < -0.39 is 11.4 Å². The lowest BCUT2D eigenvalue weighted by Crippen LogP contribution is -2.14. The summed E-state index contributed by atoms with van der Waals surface area (Å²) in [5, 5.41) is 0.263. The van der Waals surface area contributed by atoms with Gasteiger partial charge in [-0.15, -0.1) is 0 Å². The van der Waals surface area contributed by atoms with Crippen molar-refractivity contribution in [2.45, 2.75) is 0 Å². The first kappa shape index (κ1) is 8.10. The minimum atomic E-state index is -0.786. The third kappa shape index (κ3) is 1.11. The SMILES string of the molecule is O=c1[nH]c2cc3c(cc2c(=O)o1)OCO3. The Morgan fingerprint density at radius 3 is 2.67 bits per heavy atom. The van der Waals surface area contributed by atoms with E-state index in [1.165, 1.54) is 12.1 Å². The van der Waals surface area contributed by atoms with E-state index in [4.69, 9.17) is 9.47 Å². The highest BCUT2D eigenvalue weighted by Gasteiger charge is 2.16. The average Bonchev–Trinajstić information content (AvgIpc) is 2.61. The molecule has 0 radical (unpaired) electrons. The lowest BCUT2D eigenvalue weighted by Gasteiger charge is -1.97. The van der Waals surface area contributed by atoms with Crippen molar-refractivity contribution in [2.75, 3.05) is 6.79 Å². The molecular weight excluding hydrogens is 202 g/mol. The van der Waals surface area contributed by atoms with E-state index in [2.05, 4.69) is 9.40 Å². The summed E-state index contributed by atoms with van der Waals surface area (Å²) in [5.74, 6) is 0.192. The number of aromatic nitrogens is 1. The van der Waals surface area contributed by atoms with Crippen molar-refractivity contribution in [1.82, 2.24) is 4.98 Å². The van der Waals surface area contributed by atoms with Crippen LogP contribution in [0.1, 0.15) is 0 Å². The molecule has 0 saturated carbocycles.